The molecule has 1 aromatic rings. The van der Waals surface area contributed by atoms with Gasteiger partial charge in [0.05, 0.1) is 18.8 Å². The Morgan fingerprint density at radius 1 is 1.20 bits per heavy atom. The van der Waals surface area contributed by atoms with Crippen LogP contribution in [-0.2, 0) is 53.3 Å². The minimum Gasteiger partial charge on any atom is -0.387 e. The number of hydrogen-bond donors (Lipinski definition) is 2. The van der Waals surface area contributed by atoms with Crippen LogP contribution in [0.3, 0.4) is 0 Å². The molecule has 6 nitrogen and oxygen atoms in total. The molecule has 1 aliphatic heterocycles. The number of aliphatic hydroxyl groups is 1. The molecule has 1 fully saturated rings. The van der Waals surface area contributed by atoms with Crippen molar-refractivity contribution in [2.75, 3.05) is 20.3 Å². The molecule has 5 atom stereocenters. The molecule has 0 bridgehead atoms. The van der Waals surface area contributed by atoms with Crippen LogP contribution in [0.5, 0.6) is 0 Å². The van der Waals surface area contributed by atoms with Crippen molar-refractivity contribution in [2.24, 2.45) is 5.92 Å². The first kappa shape index (κ1) is 30.4. The molecule has 1 heterocycles. The first-order valence-corrected chi connectivity index (χ1v) is 12.8. The summed E-state index contributed by atoms with van der Waals surface area (Å²) in [4.78, 5) is 12.6. The Morgan fingerprint density at radius 2 is 1.97 bits per heavy atom. The fourth-order valence-electron chi connectivity index (χ4n) is 4.67. The van der Waals surface area contributed by atoms with Gasteiger partial charge in [-0.05, 0) is 63.6 Å². The summed E-state index contributed by atoms with van der Waals surface area (Å²) in [6.45, 7) is 4.79. The summed E-state index contributed by atoms with van der Waals surface area (Å²) in [7, 11) is 1.59. The van der Waals surface area contributed by atoms with Gasteiger partial charge in [-0.3, -0.25) is 4.79 Å². The molecule has 2 unspecified atom stereocenters. The number of hydrogen-bond acceptors (Lipinski definition) is 5. The molecule has 35 heavy (non-hydrogen) atoms. The van der Waals surface area contributed by atoms with Gasteiger partial charge in [0.15, 0.2) is 0 Å². The smallest absolute Gasteiger partial charge is 0.251 e. The number of rotatable bonds is 11. The Balaban J connectivity index is 0.00000432. The van der Waals surface area contributed by atoms with E-state index in [0.29, 0.717) is 31.1 Å². The number of carbonyl (C=O) groups is 1. The predicted molar refractivity (Wildman–Crippen MR) is 133 cm³/mol. The van der Waals surface area contributed by atoms with Crippen molar-refractivity contribution in [3.05, 3.63) is 35.4 Å². The van der Waals surface area contributed by atoms with Gasteiger partial charge in [-0.15, -0.1) is 5.92 Å². The first-order chi connectivity index (χ1) is 16.5. The number of aliphatic hydroxyl groups excluding tert-OH is 1. The maximum absolute atomic E-state index is 12.6. The van der Waals surface area contributed by atoms with Crippen molar-refractivity contribution >= 4 is 5.91 Å². The number of benzene rings is 1. The molecular formula is C28H41NO5Y. The zero-order chi connectivity index (χ0) is 24.3. The summed E-state index contributed by atoms with van der Waals surface area (Å²) in [5.74, 6) is 7.07. The standard InChI is InChI=1S/C28H41NO5.Y/c1-20(2)33-19-25-26(30)27(32-3)24(34-25)12-9-17-29-28(31)23-15-13-22(14-16-23)18-21-10-7-5-4-6-8-11-21;/h13-16,20-21,24-27,30H,4-7,9-10,12,17-19H2,1-3H3,(H,29,31);/t21?,24-,25+,26?,27+;/m0./s1. The molecule has 0 saturated carbocycles. The Kier molecular flexibility index (Phi) is 14.0. The Morgan fingerprint density at radius 3 is 2.69 bits per heavy atom. The van der Waals surface area contributed by atoms with Crippen LogP contribution in [-0.4, -0.2) is 61.8 Å². The van der Waals surface area contributed by atoms with Crippen LogP contribution in [0.1, 0.15) is 74.7 Å². The number of carbonyl (C=O) groups excluding carboxylic acids is 1. The zero-order valence-electron chi connectivity index (χ0n) is 21.5. The van der Waals surface area contributed by atoms with E-state index >= 15 is 0 Å². The van der Waals surface area contributed by atoms with Crippen molar-refractivity contribution in [1.82, 2.24) is 5.32 Å². The van der Waals surface area contributed by atoms with Gasteiger partial charge in [0.25, 0.3) is 5.91 Å². The molecule has 7 heteroatoms. The summed E-state index contributed by atoms with van der Waals surface area (Å²) in [5, 5.41) is 13.5. The summed E-state index contributed by atoms with van der Waals surface area (Å²) >= 11 is 0. The largest absolute Gasteiger partial charge is 0.387 e. The molecule has 1 amide bonds. The average Bonchev–Trinajstić information content (AvgIpc) is 3.11. The van der Waals surface area contributed by atoms with Crippen LogP contribution in [0, 0.1) is 17.8 Å². The first-order valence-electron chi connectivity index (χ1n) is 12.8. The summed E-state index contributed by atoms with van der Waals surface area (Å²) in [6, 6.07) is 7.90. The third-order valence-electron chi connectivity index (χ3n) is 6.61. The molecule has 191 valence electrons. The maximum atomic E-state index is 12.6. The zero-order valence-corrected chi connectivity index (χ0v) is 24.3. The third kappa shape index (κ3) is 9.87. The fourth-order valence-corrected chi connectivity index (χ4v) is 4.67. The van der Waals surface area contributed by atoms with Crippen LogP contribution < -0.4 is 5.32 Å². The second kappa shape index (κ2) is 16.1. The van der Waals surface area contributed by atoms with Crippen molar-refractivity contribution in [3.8, 4) is 11.8 Å². The molecular weight excluding hydrogens is 519 g/mol. The quantitative estimate of drug-likeness (QED) is 0.317. The molecule has 2 N–H and O–H groups in total. The van der Waals surface area contributed by atoms with E-state index in [2.05, 4.69) is 17.2 Å². The molecule has 1 aliphatic carbocycles. The second-order valence-corrected chi connectivity index (χ2v) is 9.70. The summed E-state index contributed by atoms with van der Waals surface area (Å²) in [5.41, 5.74) is 1.90. The second-order valence-electron chi connectivity index (χ2n) is 9.70. The molecule has 0 aromatic heterocycles. The SMILES string of the molecule is CO[C@H]1C(O)[C@@H](COC(C)C)O[C@H]1CCCNC(=O)c1ccc(CC2C#CCCCCC2)cc1.[Y]. The average molecular weight is 561 g/mol. The van der Waals surface area contributed by atoms with Crippen LogP contribution in [0.25, 0.3) is 0 Å². The monoisotopic (exact) mass is 560 g/mol. The number of nitrogens with one attached hydrogen (secondary N) is 1. The maximum Gasteiger partial charge on any atom is 0.251 e. The van der Waals surface area contributed by atoms with Gasteiger partial charge in [0.1, 0.15) is 18.3 Å². The topological polar surface area (TPSA) is 77.0 Å². The molecule has 1 aromatic carbocycles. The minimum atomic E-state index is -0.713. The van der Waals surface area contributed by atoms with Gasteiger partial charge in [0.2, 0.25) is 0 Å². The Bertz CT molecular complexity index is 819. The van der Waals surface area contributed by atoms with E-state index in [9.17, 15) is 9.90 Å². The van der Waals surface area contributed by atoms with E-state index in [-0.39, 0.29) is 63.0 Å². The van der Waals surface area contributed by atoms with Gasteiger partial charge in [-0.25, -0.2) is 0 Å². The van der Waals surface area contributed by atoms with E-state index in [4.69, 9.17) is 14.2 Å². The van der Waals surface area contributed by atoms with Crippen molar-refractivity contribution in [1.29, 1.82) is 0 Å². The van der Waals surface area contributed by atoms with Gasteiger partial charge in [-0.1, -0.05) is 30.9 Å². The minimum absolute atomic E-state index is 0. The van der Waals surface area contributed by atoms with E-state index in [1.54, 1.807) is 7.11 Å². The van der Waals surface area contributed by atoms with Crippen molar-refractivity contribution in [2.45, 2.75) is 95.7 Å². The van der Waals surface area contributed by atoms with Crippen molar-refractivity contribution in [3.63, 3.8) is 0 Å². The fraction of sp³-hybridized carbons (Fsp3) is 0.679. The number of amides is 1. The molecule has 1 saturated heterocycles. The van der Waals surface area contributed by atoms with Crippen LogP contribution in [0.4, 0.5) is 0 Å². The van der Waals surface area contributed by atoms with Gasteiger partial charge in [0, 0.05) is 64.3 Å². The summed E-state index contributed by atoms with van der Waals surface area (Å²) in [6.07, 6.45) is 6.68. The van der Waals surface area contributed by atoms with Gasteiger partial charge < -0.3 is 24.6 Å². The van der Waals surface area contributed by atoms with E-state index in [1.165, 1.54) is 24.8 Å². The molecule has 1 radical (unpaired) electrons. The summed E-state index contributed by atoms with van der Waals surface area (Å²) < 4.78 is 17.1. The normalized spacial score (nSPS) is 26.3. The van der Waals surface area contributed by atoms with Crippen LogP contribution in [0.15, 0.2) is 24.3 Å². The van der Waals surface area contributed by atoms with Crippen LogP contribution >= 0.6 is 0 Å². The Hall–Kier alpha value is -0.806. The number of ether oxygens (including phenoxy) is 3. The number of methoxy groups -OCH3 is 1. The predicted octanol–water partition coefficient (Wildman–Crippen LogP) is 3.89. The Labute approximate surface area is 236 Å². The van der Waals surface area contributed by atoms with Gasteiger partial charge >= 0.3 is 0 Å². The van der Waals surface area contributed by atoms with E-state index < -0.39 is 6.10 Å². The van der Waals surface area contributed by atoms with Crippen molar-refractivity contribution < 1.29 is 56.8 Å². The molecule has 3 rings (SSSR count). The molecule has 2 aliphatic rings. The van der Waals surface area contributed by atoms with E-state index in [0.717, 1.165) is 25.7 Å². The van der Waals surface area contributed by atoms with Gasteiger partial charge in [-0.2, -0.15) is 0 Å². The van der Waals surface area contributed by atoms with Crippen LogP contribution in [0.2, 0.25) is 0 Å². The molecule has 0 spiro atoms. The third-order valence-corrected chi connectivity index (χ3v) is 6.61. The van der Waals surface area contributed by atoms with E-state index in [1.807, 2.05) is 38.1 Å².